The molecule has 1 atom stereocenters. The Kier molecular flexibility index (Phi) is 5.42. The number of nitrogens with zero attached hydrogens (tertiary/aromatic N) is 3. The van der Waals surface area contributed by atoms with Crippen LogP contribution in [0.2, 0.25) is 0 Å². The zero-order chi connectivity index (χ0) is 21.9. The van der Waals surface area contributed by atoms with Crippen LogP contribution in [-0.2, 0) is 9.63 Å². The van der Waals surface area contributed by atoms with Gasteiger partial charge in [0, 0.05) is 6.42 Å². The molecular formula is C26H24N4O2. The molecule has 0 aliphatic carbocycles. The summed E-state index contributed by atoms with van der Waals surface area (Å²) in [6.07, 6.45) is 0.579. The van der Waals surface area contributed by atoms with Crippen LogP contribution in [0.4, 0.5) is 0 Å². The number of para-hydroxylation sites is 2. The minimum absolute atomic E-state index is 0.0224. The average Bonchev–Trinajstić information content (AvgIpc) is 3.45. The Morgan fingerprint density at radius 3 is 2.25 bits per heavy atom. The van der Waals surface area contributed by atoms with Gasteiger partial charge in [-0.3, -0.25) is 4.79 Å². The molecule has 6 nitrogen and oxygen atoms in total. The Hall–Kier alpha value is -3.93. The molecule has 1 N–H and O–H groups in total. The van der Waals surface area contributed by atoms with E-state index in [0.717, 1.165) is 33.7 Å². The molecule has 1 aromatic heterocycles. The molecule has 0 bridgehead atoms. The van der Waals surface area contributed by atoms with Crippen LogP contribution >= 0.6 is 0 Å². The van der Waals surface area contributed by atoms with Crippen LogP contribution in [0.5, 0.6) is 0 Å². The van der Waals surface area contributed by atoms with Crippen LogP contribution in [0.3, 0.4) is 0 Å². The molecule has 6 heteroatoms. The second-order valence-electron chi connectivity index (χ2n) is 7.92. The van der Waals surface area contributed by atoms with Crippen LogP contribution in [0.15, 0.2) is 90.1 Å². The first kappa shape index (κ1) is 20.0. The number of benzene rings is 3. The lowest BCUT2D eigenvalue weighted by Gasteiger charge is -2.28. The molecule has 1 amide bonds. The van der Waals surface area contributed by atoms with Crippen molar-refractivity contribution in [2.24, 2.45) is 5.16 Å². The van der Waals surface area contributed by atoms with Crippen molar-refractivity contribution in [2.45, 2.75) is 18.4 Å². The number of hydrogen-bond acceptors (Lipinski definition) is 4. The Labute approximate surface area is 186 Å². The van der Waals surface area contributed by atoms with E-state index < -0.39 is 5.92 Å². The summed E-state index contributed by atoms with van der Waals surface area (Å²) in [6, 6.07) is 27.5. The minimum atomic E-state index is -0.411. The lowest BCUT2D eigenvalue weighted by molar-refractivity contribution is -0.132. The van der Waals surface area contributed by atoms with Gasteiger partial charge in [-0.2, -0.15) is 0 Å². The summed E-state index contributed by atoms with van der Waals surface area (Å²) in [7, 11) is 1.53. The van der Waals surface area contributed by atoms with Crippen molar-refractivity contribution >= 4 is 22.7 Å². The van der Waals surface area contributed by atoms with E-state index in [9.17, 15) is 4.79 Å². The summed E-state index contributed by atoms with van der Waals surface area (Å²) in [5, 5.41) is 4.17. The number of aromatic amines is 1. The van der Waals surface area contributed by atoms with Gasteiger partial charge in [0.25, 0.3) is 0 Å². The SMILES string of the molecule is CO/N=C1\CC(c2nc3ccccc3[nH]2)N(C(=O)C(c2ccccc2)c2ccccc2)C1. The molecule has 160 valence electrons. The summed E-state index contributed by atoms with van der Waals surface area (Å²) >= 11 is 0. The van der Waals surface area contributed by atoms with Gasteiger partial charge in [-0.25, -0.2) is 4.98 Å². The van der Waals surface area contributed by atoms with Crippen LogP contribution in [0, 0.1) is 0 Å². The van der Waals surface area contributed by atoms with E-state index in [1.54, 1.807) is 0 Å². The topological polar surface area (TPSA) is 70.6 Å². The molecule has 0 saturated carbocycles. The van der Waals surface area contributed by atoms with Crippen molar-refractivity contribution in [3.8, 4) is 0 Å². The molecule has 2 heterocycles. The Balaban J connectivity index is 1.57. The number of fused-ring (bicyclic) bond motifs is 1. The summed E-state index contributed by atoms with van der Waals surface area (Å²) in [6.45, 7) is 0.407. The molecule has 0 radical (unpaired) electrons. The Morgan fingerprint density at radius 2 is 1.62 bits per heavy atom. The first-order chi connectivity index (χ1) is 15.7. The van der Waals surface area contributed by atoms with Crippen molar-refractivity contribution < 1.29 is 9.63 Å². The normalized spacial score (nSPS) is 17.4. The fraction of sp³-hybridized carbons (Fsp3) is 0.192. The van der Waals surface area contributed by atoms with Crippen molar-refractivity contribution in [3.05, 3.63) is 102 Å². The highest BCUT2D eigenvalue weighted by atomic mass is 16.6. The fourth-order valence-electron chi connectivity index (χ4n) is 4.44. The van der Waals surface area contributed by atoms with Crippen LogP contribution in [0.1, 0.15) is 35.3 Å². The van der Waals surface area contributed by atoms with Crippen LogP contribution < -0.4 is 0 Å². The summed E-state index contributed by atoms with van der Waals surface area (Å²) in [5.74, 6) is 0.376. The van der Waals surface area contributed by atoms with Gasteiger partial charge in [0.05, 0.1) is 35.2 Å². The molecule has 1 aliphatic heterocycles. The molecule has 1 unspecified atom stereocenters. The van der Waals surface area contributed by atoms with E-state index in [2.05, 4.69) is 10.1 Å². The average molecular weight is 425 g/mol. The fourth-order valence-corrected chi connectivity index (χ4v) is 4.44. The quantitative estimate of drug-likeness (QED) is 0.473. The third-order valence-electron chi connectivity index (χ3n) is 5.90. The van der Waals surface area contributed by atoms with Gasteiger partial charge >= 0.3 is 0 Å². The largest absolute Gasteiger partial charge is 0.399 e. The number of nitrogens with one attached hydrogen (secondary N) is 1. The standard InChI is InChI=1S/C26H24N4O2/c1-32-29-20-16-23(25-27-21-14-8-9-15-22(21)28-25)30(17-20)26(31)24(18-10-4-2-5-11-18)19-12-6-3-7-13-19/h2-15,23-24H,16-17H2,1H3,(H,27,28)/b29-20+. The number of oxime groups is 1. The zero-order valence-corrected chi connectivity index (χ0v) is 17.8. The molecule has 32 heavy (non-hydrogen) atoms. The smallest absolute Gasteiger partial charge is 0.235 e. The summed E-state index contributed by atoms with van der Waals surface area (Å²) < 4.78 is 0. The molecule has 0 spiro atoms. The monoisotopic (exact) mass is 424 g/mol. The maximum Gasteiger partial charge on any atom is 0.235 e. The van der Waals surface area contributed by atoms with Gasteiger partial charge in [0.2, 0.25) is 5.91 Å². The number of imidazole rings is 1. The molecule has 1 aliphatic rings. The van der Waals surface area contributed by atoms with Gasteiger partial charge in [-0.1, -0.05) is 78.0 Å². The number of amides is 1. The number of carbonyl (C=O) groups is 1. The second-order valence-corrected chi connectivity index (χ2v) is 7.92. The minimum Gasteiger partial charge on any atom is -0.399 e. The van der Waals surface area contributed by atoms with Crippen molar-refractivity contribution in [1.82, 2.24) is 14.9 Å². The third-order valence-corrected chi connectivity index (χ3v) is 5.90. The summed E-state index contributed by atoms with van der Waals surface area (Å²) in [5.41, 5.74) is 4.59. The Morgan fingerprint density at radius 1 is 1.00 bits per heavy atom. The zero-order valence-electron chi connectivity index (χ0n) is 17.8. The molecule has 1 saturated heterocycles. The lowest BCUT2D eigenvalue weighted by atomic mass is 9.90. The van der Waals surface area contributed by atoms with Gasteiger partial charge in [-0.15, -0.1) is 0 Å². The van der Waals surface area contributed by atoms with Crippen molar-refractivity contribution in [1.29, 1.82) is 0 Å². The van der Waals surface area contributed by atoms with Crippen molar-refractivity contribution in [3.63, 3.8) is 0 Å². The van der Waals surface area contributed by atoms with E-state index in [1.807, 2.05) is 89.8 Å². The first-order valence-electron chi connectivity index (χ1n) is 10.7. The number of likely N-dealkylation sites (tertiary alicyclic amines) is 1. The molecule has 1 fully saturated rings. The predicted molar refractivity (Wildman–Crippen MR) is 124 cm³/mol. The van der Waals surface area contributed by atoms with Crippen LogP contribution in [0.25, 0.3) is 11.0 Å². The maximum absolute atomic E-state index is 14.1. The third kappa shape index (κ3) is 3.75. The maximum atomic E-state index is 14.1. The van der Waals surface area contributed by atoms with Gasteiger partial charge in [-0.05, 0) is 23.3 Å². The lowest BCUT2D eigenvalue weighted by Crippen LogP contribution is -2.36. The first-order valence-corrected chi connectivity index (χ1v) is 10.7. The number of H-pyrrole nitrogens is 1. The van der Waals surface area contributed by atoms with Gasteiger partial charge in [0.15, 0.2) is 0 Å². The molecular weight excluding hydrogens is 400 g/mol. The Bertz CT molecular complexity index is 1180. The molecule has 5 rings (SSSR count). The molecule has 3 aromatic carbocycles. The van der Waals surface area contributed by atoms with Gasteiger partial charge < -0.3 is 14.7 Å². The van der Waals surface area contributed by atoms with E-state index >= 15 is 0 Å². The highest BCUT2D eigenvalue weighted by Gasteiger charge is 2.39. The number of aromatic nitrogens is 2. The van der Waals surface area contributed by atoms with Crippen molar-refractivity contribution in [2.75, 3.05) is 13.7 Å². The highest BCUT2D eigenvalue weighted by molar-refractivity contribution is 5.97. The number of carbonyl (C=O) groups excluding carboxylic acids is 1. The molecule has 4 aromatic rings. The van der Waals surface area contributed by atoms with E-state index in [1.165, 1.54) is 7.11 Å². The predicted octanol–water partition coefficient (Wildman–Crippen LogP) is 4.67. The van der Waals surface area contributed by atoms with E-state index in [0.29, 0.717) is 13.0 Å². The second kappa shape index (κ2) is 8.67. The number of hydrogen-bond donors (Lipinski definition) is 1. The highest BCUT2D eigenvalue weighted by Crippen LogP contribution is 2.35. The van der Waals surface area contributed by atoms with Gasteiger partial charge in [0.1, 0.15) is 12.9 Å². The van der Waals surface area contributed by atoms with Crippen LogP contribution in [-0.4, -0.2) is 40.1 Å². The number of rotatable bonds is 5. The summed E-state index contributed by atoms with van der Waals surface area (Å²) in [4.78, 5) is 29.2. The van der Waals surface area contributed by atoms with E-state index in [-0.39, 0.29) is 11.9 Å². The van der Waals surface area contributed by atoms with E-state index in [4.69, 9.17) is 9.82 Å².